The number of para-hydroxylation sites is 1. The molecular formula is C87H88BrCl5N20O5. The van der Waals surface area contributed by atoms with Gasteiger partial charge in [0.2, 0.25) is 0 Å². The third kappa shape index (κ3) is 15.9. The van der Waals surface area contributed by atoms with E-state index in [-0.39, 0.29) is 29.4 Å². The standard InChI is InChI=1S/C24H24ClN5O.C22H22ClN5O.C21H25Cl2N5O2.C20H17BrClN5O/c1-13(24-29-20(15-6-7-15)21-23(26)28-9-10-30(21)24)17-11-18(25)14(2)19(22(17)31-3)16-5-4-8-27-12-16;1-12(22-27-14(3)19-21(24)26-8-9-28(19)22)16-10-17(23)13(2)18(20(16)29-4)15-6-5-7-25-11-15;1-4-30-18-14(11-15(22)13(3)16(18)27-7-9-29-10-8-27)12(2)21-26-19(23)17-20(24)25-5-6-28(17)21;1-11-15(22)8-16(27(20(11)28)13-6-4-3-5-7-13)12(2)26-9-14(21)17-18(23)24-10-25-19(17)26/h4-5,8-13,15H,6-7H2,1-3H3,(H2,26,28);5-12H,1-4H3,(H2,24,26);5-6,11-12H,4,7-10H2,1-3H3,(H2,24,25);3-10,12H,1-2H3,(H2,23,24,25). The second-order valence-corrected chi connectivity index (χ2v) is 31.8. The van der Waals surface area contributed by atoms with Gasteiger partial charge in [-0.05, 0) is 142 Å². The van der Waals surface area contributed by atoms with Crippen molar-refractivity contribution in [3.05, 3.63) is 267 Å². The van der Waals surface area contributed by atoms with Crippen LogP contribution in [-0.4, -0.2) is 119 Å². The van der Waals surface area contributed by atoms with E-state index < -0.39 is 0 Å². The molecule has 17 rings (SSSR count). The number of pyridine rings is 3. The maximum absolute atomic E-state index is 13.1. The number of hydrogen-bond donors (Lipinski definition) is 4. The lowest BCUT2D eigenvalue weighted by atomic mass is 9.91. The van der Waals surface area contributed by atoms with Crippen LogP contribution in [0.5, 0.6) is 17.2 Å². The predicted molar refractivity (Wildman–Crippen MR) is 474 cm³/mol. The molecule has 2 aliphatic rings. The Morgan fingerprint density at radius 1 is 0.568 bits per heavy atom. The number of halogens is 6. The van der Waals surface area contributed by atoms with Gasteiger partial charge in [0, 0.05) is 175 Å². The highest BCUT2D eigenvalue weighted by Gasteiger charge is 2.35. The van der Waals surface area contributed by atoms with Crippen LogP contribution in [0, 0.1) is 34.6 Å². The lowest BCUT2D eigenvalue weighted by Gasteiger charge is -2.33. The summed E-state index contributed by atoms with van der Waals surface area (Å²) in [7, 11) is 3.37. The molecule has 0 spiro atoms. The molecule has 1 saturated heterocycles. The zero-order valence-corrected chi connectivity index (χ0v) is 72.4. The number of imidazole rings is 3. The number of ether oxygens (including phenoxy) is 4. The highest BCUT2D eigenvalue weighted by atomic mass is 79.9. The van der Waals surface area contributed by atoms with Gasteiger partial charge in [-0.2, -0.15) is 0 Å². The van der Waals surface area contributed by atoms with Crippen LogP contribution < -0.4 is 47.6 Å². The van der Waals surface area contributed by atoms with Gasteiger partial charge in [0.15, 0.2) is 11.0 Å². The quantitative estimate of drug-likeness (QED) is 0.0658. The second-order valence-electron chi connectivity index (χ2n) is 29.0. The van der Waals surface area contributed by atoms with Crippen molar-refractivity contribution in [2.45, 2.75) is 112 Å². The maximum atomic E-state index is 13.1. The molecule has 0 amide bonds. The average Bonchev–Trinajstić information content (AvgIpc) is 1.61. The smallest absolute Gasteiger partial charge is 0.259 e. The fraction of sp³-hybridized carbons (Fsp3) is 0.276. The van der Waals surface area contributed by atoms with Crippen LogP contribution in [0.4, 0.5) is 29.0 Å². The largest absolute Gasteiger partial charge is 0.496 e. The number of rotatable bonds is 17. The maximum Gasteiger partial charge on any atom is 0.259 e. The third-order valence-corrected chi connectivity index (χ3v) is 24.2. The summed E-state index contributed by atoms with van der Waals surface area (Å²) < 4.78 is 33.9. The molecule has 11 aromatic heterocycles. The van der Waals surface area contributed by atoms with Crippen molar-refractivity contribution in [3.8, 4) is 45.2 Å². The lowest BCUT2D eigenvalue weighted by molar-refractivity contribution is 0.122. The van der Waals surface area contributed by atoms with Crippen molar-refractivity contribution >= 4 is 130 Å². The Morgan fingerprint density at radius 3 is 1.60 bits per heavy atom. The Morgan fingerprint density at radius 2 is 1.07 bits per heavy atom. The summed E-state index contributed by atoms with van der Waals surface area (Å²) in [6.07, 6.45) is 23.4. The fourth-order valence-corrected chi connectivity index (χ4v) is 17.2. The number of benzene rings is 4. The normalized spacial score (nSPS) is 13.8. The summed E-state index contributed by atoms with van der Waals surface area (Å²) in [5.74, 6) is 6.72. The van der Waals surface area contributed by atoms with Crippen LogP contribution in [0.2, 0.25) is 25.2 Å². The molecule has 118 heavy (non-hydrogen) atoms. The minimum Gasteiger partial charge on any atom is -0.496 e. The number of morpholine rings is 1. The van der Waals surface area contributed by atoms with E-state index in [1.54, 1.807) is 56.7 Å². The molecule has 4 aromatic carbocycles. The first-order valence-electron chi connectivity index (χ1n) is 38.3. The first kappa shape index (κ1) is 83.4. The summed E-state index contributed by atoms with van der Waals surface area (Å²) in [5.41, 5.74) is 41.8. The summed E-state index contributed by atoms with van der Waals surface area (Å²) in [4.78, 5) is 59.4. The molecule has 0 bridgehead atoms. The molecule has 0 radical (unpaired) electrons. The Balaban J connectivity index is 0.000000129. The number of nitrogen functional groups attached to an aromatic ring is 4. The molecule has 25 nitrogen and oxygen atoms in total. The van der Waals surface area contributed by atoms with Gasteiger partial charge in [0.25, 0.3) is 5.56 Å². The van der Waals surface area contributed by atoms with E-state index in [1.165, 1.54) is 6.33 Å². The number of fused-ring (bicyclic) bond motifs is 4. The summed E-state index contributed by atoms with van der Waals surface area (Å²) in [6, 6.07) is 24.9. The Hall–Kier alpha value is -11.1. The van der Waals surface area contributed by atoms with Gasteiger partial charge < -0.3 is 51.3 Å². The highest BCUT2D eigenvalue weighted by molar-refractivity contribution is 9.10. The molecule has 8 N–H and O–H groups in total. The number of aryl methyl sites for hydroxylation is 1. The molecule has 1 aliphatic heterocycles. The predicted octanol–water partition coefficient (Wildman–Crippen LogP) is 19.0. The molecule has 31 heteroatoms. The van der Waals surface area contributed by atoms with Crippen LogP contribution in [0.15, 0.2) is 163 Å². The molecular weight excluding hydrogens is 1660 g/mol. The molecule has 2 fully saturated rings. The van der Waals surface area contributed by atoms with Crippen LogP contribution in [0.25, 0.3) is 55.5 Å². The first-order chi connectivity index (χ1) is 56.8. The van der Waals surface area contributed by atoms with E-state index in [2.05, 4.69) is 85.9 Å². The van der Waals surface area contributed by atoms with Gasteiger partial charge >= 0.3 is 0 Å². The van der Waals surface area contributed by atoms with Crippen LogP contribution in [0.1, 0.15) is 151 Å². The monoisotopic (exact) mass is 1750 g/mol. The van der Waals surface area contributed by atoms with Gasteiger partial charge in [-0.15, -0.1) is 0 Å². The minimum absolute atomic E-state index is 0.0785. The zero-order chi connectivity index (χ0) is 83.8. The van der Waals surface area contributed by atoms with Crippen molar-refractivity contribution in [1.82, 2.24) is 72.2 Å². The van der Waals surface area contributed by atoms with Gasteiger partial charge in [-0.25, -0.2) is 39.9 Å². The van der Waals surface area contributed by atoms with Gasteiger partial charge in [0.1, 0.15) is 80.7 Å². The van der Waals surface area contributed by atoms with Crippen molar-refractivity contribution in [2.75, 3.05) is 75.0 Å². The number of aromatic nitrogens is 15. The average molecular weight is 1750 g/mol. The molecule has 1 aliphatic carbocycles. The molecule has 15 aromatic rings. The molecule has 12 heterocycles. The Bertz CT molecular complexity index is 6330. The summed E-state index contributed by atoms with van der Waals surface area (Å²) >= 11 is 36.4. The van der Waals surface area contributed by atoms with Crippen LogP contribution >= 0.6 is 73.9 Å². The number of hydrogen-bond acceptors (Lipinski definition) is 20. The highest BCUT2D eigenvalue weighted by Crippen LogP contribution is 2.50. The fourth-order valence-electron chi connectivity index (χ4n) is 15.5. The lowest BCUT2D eigenvalue weighted by Crippen LogP contribution is -2.37. The molecule has 1 saturated carbocycles. The van der Waals surface area contributed by atoms with Gasteiger partial charge in [-0.1, -0.05) is 109 Å². The van der Waals surface area contributed by atoms with Crippen molar-refractivity contribution in [3.63, 3.8) is 0 Å². The zero-order valence-electron chi connectivity index (χ0n) is 67.0. The van der Waals surface area contributed by atoms with Gasteiger partial charge in [0.05, 0.1) is 73.3 Å². The first-order valence-corrected chi connectivity index (χ1v) is 41.0. The third-order valence-electron chi connectivity index (χ3n) is 21.8. The Kier molecular flexibility index (Phi) is 24.9. The number of nitrogens with two attached hydrogens (primary N) is 4. The molecule has 608 valence electrons. The van der Waals surface area contributed by atoms with E-state index in [0.29, 0.717) is 91.0 Å². The summed E-state index contributed by atoms with van der Waals surface area (Å²) in [6.45, 7) is 23.4. The number of methoxy groups -OCH3 is 2. The number of anilines is 5. The van der Waals surface area contributed by atoms with Crippen molar-refractivity contribution in [1.29, 1.82) is 0 Å². The van der Waals surface area contributed by atoms with E-state index in [4.69, 9.17) is 110 Å². The van der Waals surface area contributed by atoms with E-state index >= 15 is 0 Å². The van der Waals surface area contributed by atoms with Crippen molar-refractivity contribution < 1.29 is 18.9 Å². The van der Waals surface area contributed by atoms with E-state index in [9.17, 15) is 4.79 Å². The number of nitrogens with zero attached hydrogens (tertiary/aromatic N) is 16. The van der Waals surface area contributed by atoms with E-state index in [1.807, 2.05) is 171 Å². The van der Waals surface area contributed by atoms with Crippen LogP contribution in [0.3, 0.4) is 0 Å². The molecule has 4 atom stereocenters. The van der Waals surface area contributed by atoms with Crippen molar-refractivity contribution in [2.24, 2.45) is 0 Å². The minimum atomic E-state index is -0.242. The second kappa shape index (κ2) is 35.2. The Labute approximate surface area is 715 Å². The van der Waals surface area contributed by atoms with Crippen LogP contribution in [-0.2, 0) is 4.74 Å². The SMILES string of the molecule is CCOc1c(C(C)c2nc(Cl)c3c(N)nccn23)cc(Cl)c(C)c1N1CCOCC1.COc1c(C(C)c2nc(C)c3c(N)nccn23)cc(Cl)c(C)c1-c1cccnc1.COc1c(C(C)c2nc(C3CC3)c3c(N)nccn23)cc(Cl)c(C)c1-c1cccnc1.Cc1c(Cl)cc(C(C)n2cc(Br)c3c(N)ncnc32)n(-c2ccccc2)c1=O. The molecule has 4 unspecified atom stereocenters. The topological polar surface area (TPSA) is 313 Å². The summed E-state index contributed by atoms with van der Waals surface area (Å²) in [5, 5.41) is 3.54. The van der Waals surface area contributed by atoms with E-state index in [0.717, 1.165) is 166 Å². The van der Waals surface area contributed by atoms with Gasteiger partial charge in [-0.3, -0.25) is 32.5 Å².